The molecule has 0 fully saturated rings. The molecule has 0 atom stereocenters. The average Bonchev–Trinajstić information content (AvgIpc) is 2.97. The molecule has 0 unspecified atom stereocenters. The minimum absolute atomic E-state index is 0.443. The van der Waals surface area contributed by atoms with Crippen molar-refractivity contribution in [3.63, 3.8) is 0 Å². The Bertz CT molecular complexity index is 548. The molecule has 0 N–H and O–H groups in total. The summed E-state index contributed by atoms with van der Waals surface area (Å²) in [4.78, 5) is 8.40. The lowest BCUT2D eigenvalue weighted by molar-refractivity contribution is -0.140. The van der Waals surface area contributed by atoms with E-state index >= 15 is 0 Å². The lowest BCUT2D eigenvalue weighted by Crippen LogP contribution is -2.18. The number of hydrogen-bond acceptors (Lipinski definition) is 4. The number of thioether (sulfide) groups is 1. The molecule has 2 rings (SSSR count). The molecule has 0 amide bonds. The number of imidazole rings is 1. The Morgan fingerprint density at radius 2 is 2.15 bits per heavy atom. The number of aryl methyl sites for hydroxylation is 1. The van der Waals surface area contributed by atoms with Crippen molar-refractivity contribution >= 4 is 23.1 Å². The van der Waals surface area contributed by atoms with E-state index in [1.807, 2.05) is 12.3 Å². The van der Waals surface area contributed by atoms with Gasteiger partial charge in [-0.2, -0.15) is 13.2 Å². The van der Waals surface area contributed by atoms with Gasteiger partial charge in [0.2, 0.25) is 0 Å². The molecule has 2 heterocycles. The molecular formula is C12H14F3N3S2. The first-order valence-electron chi connectivity index (χ1n) is 6.05. The van der Waals surface area contributed by atoms with Crippen LogP contribution in [0.1, 0.15) is 23.4 Å². The molecule has 0 bridgehead atoms. The van der Waals surface area contributed by atoms with E-state index in [0.717, 1.165) is 21.7 Å². The molecule has 2 aromatic heterocycles. The fraction of sp³-hybridized carbons (Fsp3) is 0.500. The second-order valence-electron chi connectivity index (χ2n) is 4.17. The van der Waals surface area contributed by atoms with Gasteiger partial charge in [-0.15, -0.1) is 23.1 Å². The van der Waals surface area contributed by atoms with E-state index in [2.05, 4.69) is 9.97 Å². The van der Waals surface area contributed by atoms with Crippen LogP contribution >= 0.6 is 23.1 Å². The summed E-state index contributed by atoms with van der Waals surface area (Å²) in [6.07, 6.45) is -0.544. The van der Waals surface area contributed by atoms with Gasteiger partial charge in [0.1, 0.15) is 12.4 Å². The number of hydrogen-bond donors (Lipinski definition) is 0. The zero-order chi connectivity index (χ0) is 14.6. The Hall–Kier alpha value is -1.02. The Morgan fingerprint density at radius 3 is 2.80 bits per heavy atom. The van der Waals surface area contributed by atoms with Crippen LogP contribution in [0.2, 0.25) is 0 Å². The highest BCUT2D eigenvalue weighted by molar-refractivity contribution is 7.97. The Balaban J connectivity index is 1.86. The van der Waals surface area contributed by atoms with Gasteiger partial charge >= 0.3 is 6.18 Å². The fourth-order valence-corrected chi connectivity index (χ4v) is 3.37. The number of thiazole rings is 1. The molecule has 0 aliphatic rings. The topological polar surface area (TPSA) is 30.7 Å². The molecule has 0 aliphatic carbocycles. The SMILES string of the molecule is CCc1nc(CSCc2nccn2CC(F)(F)F)cs1. The van der Waals surface area contributed by atoms with Crippen LogP contribution in [0.3, 0.4) is 0 Å². The number of alkyl halides is 3. The molecule has 0 saturated carbocycles. The third-order valence-corrected chi connectivity index (χ3v) is 4.54. The van der Waals surface area contributed by atoms with Gasteiger partial charge < -0.3 is 4.57 Å². The van der Waals surface area contributed by atoms with E-state index < -0.39 is 12.7 Å². The molecule has 0 radical (unpaired) electrons. The summed E-state index contributed by atoms with van der Waals surface area (Å²) in [5.74, 6) is 1.58. The van der Waals surface area contributed by atoms with Crippen LogP contribution in [0, 0.1) is 0 Å². The first-order valence-corrected chi connectivity index (χ1v) is 8.09. The van der Waals surface area contributed by atoms with Crippen LogP contribution in [0.5, 0.6) is 0 Å². The summed E-state index contributed by atoms with van der Waals surface area (Å²) in [7, 11) is 0. The predicted octanol–water partition coefficient (Wildman–Crippen LogP) is 3.90. The van der Waals surface area contributed by atoms with Crippen molar-refractivity contribution in [3.05, 3.63) is 34.3 Å². The lowest BCUT2D eigenvalue weighted by Gasteiger charge is -2.10. The minimum Gasteiger partial charge on any atom is -0.325 e. The Morgan fingerprint density at radius 1 is 1.35 bits per heavy atom. The van der Waals surface area contributed by atoms with Crippen LogP contribution in [0.25, 0.3) is 0 Å². The van der Waals surface area contributed by atoms with Gasteiger partial charge in [-0.1, -0.05) is 6.92 Å². The van der Waals surface area contributed by atoms with Gasteiger partial charge in [0.25, 0.3) is 0 Å². The van der Waals surface area contributed by atoms with E-state index in [4.69, 9.17) is 0 Å². The third kappa shape index (κ3) is 4.52. The molecule has 0 aromatic carbocycles. The van der Waals surface area contributed by atoms with Gasteiger partial charge in [-0.25, -0.2) is 9.97 Å². The van der Waals surface area contributed by atoms with Crippen molar-refractivity contribution in [1.82, 2.24) is 14.5 Å². The minimum atomic E-state index is -4.22. The molecule has 110 valence electrons. The first-order chi connectivity index (χ1) is 9.48. The maximum atomic E-state index is 12.4. The molecule has 20 heavy (non-hydrogen) atoms. The van der Waals surface area contributed by atoms with Crippen molar-refractivity contribution in [2.24, 2.45) is 0 Å². The molecule has 0 saturated heterocycles. The lowest BCUT2D eigenvalue weighted by atomic mass is 10.5. The van der Waals surface area contributed by atoms with E-state index in [-0.39, 0.29) is 0 Å². The zero-order valence-electron chi connectivity index (χ0n) is 10.9. The van der Waals surface area contributed by atoms with Crippen LogP contribution in [0.4, 0.5) is 13.2 Å². The van der Waals surface area contributed by atoms with E-state index in [1.165, 1.54) is 24.2 Å². The van der Waals surface area contributed by atoms with E-state index in [0.29, 0.717) is 17.3 Å². The van der Waals surface area contributed by atoms with Gasteiger partial charge in [0.15, 0.2) is 0 Å². The highest BCUT2D eigenvalue weighted by Crippen LogP contribution is 2.22. The number of nitrogens with zero attached hydrogens (tertiary/aromatic N) is 3. The quantitative estimate of drug-likeness (QED) is 0.808. The normalized spacial score (nSPS) is 12.0. The van der Waals surface area contributed by atoms with Crippen LogP contribution in [0.15, 0.2) is 17.8 Å². The standard InChI is InChI=1S/C12H14F3N3S2/c1-2-11-17-9(6-20-11)5-19-7-10-16-3-4-18(10)8-12(13,14)15/h3-4,6H,2,5,7-8H2,1H3. The highest BCUT2D eigenvalue weighted by Gasteiger charge is 2.28. The van der Waals surface area contributed by atoms with Crippen molar-refractivity contribution < 1.29 is 13.2 Å². The number of aromatic nitrogens is 3. The Kier molecular flexibility index (Phi) is 5.09. The van der Waals surface area contributed by atoms with Crippen molar-refractivity contribution in [1.29, 1.82) is 0 Å². The van der Waals surface area contributed by atoms with Crippen LogP contribution in [-0.4, -0.2) is 20.7 Å². The fourth-order valence-electron chi connectivity index (χ4n) is 1.64. The first kappa shape index (κ1) is 15.4. The number of rotatable bonds is 6. The largest absolute Gasteiger partial charge is 0.406 e. The number of halogens is 3. The van der Waals surface area contributed by atoms with E-state index in [1.54, 1.807) is 11.3 Å². The van der Waals surface area contributed by atoms with Gasteiger partial charge in [0, 0.05) is 23.5 Å². The molecule has 2 aromatic rings. The maximum absolute atomic E-state index is 12.4. The van der Waals surface area contributed by atoms with Crippen LogP contribution < -0.4 is 0 Å². The van der Waals surface area contributed by atoms with E-state index in [9.17, 15) is 13.2 Å². The monoisotopic (exact) mass is 321 g/mol. The smallest absolute Gasteiger partial charge is 0.325 e. The summed E-state index contributed by atoms with van der Waals surface area (Å²) in [5.41, 5.74) is 0.978. The summed E-state index contributed by atoms with van der Waals surface area (Å²) in [6, 6.07) is 0. The van der Waals surface area contributed by atoms with Crippen LogP contribution in [-0.2, 0) is 24.5 Å². The molecular weight excluding hydrogens is 307 g/mol. The maximum Gasteiger partial charge on any atom is 0.406 e. The second-order valence-corrected chi connectivity index (χ2v) is 6.09. The van der Waals surface area contributed by atoms with Crippen molar-refractivity contribution in [2.75, 3.05) is 0 Å². The highest BCUT2D eigenvalue weighted by atomic mass is 32.2. The molecule has 3 nitrogen and oxygen atoms in total. The summed E-state index contributed by atoms with van der Waals surface area (Å²) >= 11 is 3.14. The average molecular weight is 321 g/mol. The van der Waals surface area contributed by atoms with Crippen molar-refractivity contribution in [3.8, 4) is 0 Å². The predicted molar refractivity (Wildman–Crippen MR) is 74.8 cm³/mol. The summed E-state index contributed by atoms with van der Waals surface area (Å²) in [5, 5.41) is 3.08. The molecule has 8 heteroatoms. The van der Waals surface area contributed by atoms with Crippen molar-refractivity contribution in [2.45, 2.75) is 37.6 Å². The molecule has 0 spiro atoms. The van der Waals surface area contributed by atoms with Gasteiger partial charge in [-0.05, 0) is 6.42 Å². The zero-order valence-corrected chi connectivity index (χ0v) is 12.5. The van der Waals surface area contributed by atoms with Gasteiger partial charge in [0.05, 0.1) is 16.5 Å². The summed E-state index contributed by atoms with van der Waals surface area (Å²) < 4.78 is 38.2. The summed E-state index contributed by atoms with van der Waals surface area (Å²) in [6.45, 7) is 1.06. The molecule has 0 aliphatic heterocycles. The van der Waals surface area contributed by atoms with Gasteiger partial charge in [-0.3, -0.25) is 0 Å². The Labute approximate surface area is 123 Å². The second kappa shape index (κ2) is 6.62. The third-order valence-electron chi connectivity index (χ3n) is 2.53.